The van der Waals surface area contributed by atoms with Crippen LogP contribution in [0.1, 0.15) is 31.2 Å². The zero-order valence-corrected chi connectivity index (χ0v) is 17.9. The van der Waals surface area contributed by atoms with Crippen LogP contribution in [0.2, 0.25) is 5.02 Å². The molecular formula is C20H18ClN5OS2. The summed E-state index contributed by atoms with van der Waals surface area (Å²) in [7, 11) is 0. The zero-order chi connectivity index (χ0) is 19.6. The van der Waals surface area contributed by atoms with Crippen LogP contribution in [0.5, 0.6) is 0 Å². The lowest BCUT2D eigenvalue weighted by molar-refractivity contribution is 0.378. The van der Waals surface area contributed by atoms with E-state index in [0.29, 0.717) is 22.8 Å². The molecule has 6 nitrogen and oxygen atoms in total. The lowest BCUT2D eigenvalue weighted by atomic mass is 10.2. The summed E-state index contributed by atoms with van der Waals surface area (Å²) in [6.07, 6.45) is 4.08. The van der Waals surface area contributed by atoms with Crippen LogP contribution in [0.15, 0.2) is 51.5 Å². The molecule has 0 unspecified atom stereocenters. The molecule has 1 saturated carbocycles. The molecule has 5 rings (SSSR count). The van der Waals surface area contributed by atoms with Gasteiger partial charge >= 0.3 is 0 Å². The third kappa shape index (κ3) is 4.24. The first-order valence-electron chi connectivity index (χ1n) is 9.48. The van der Waals surface area contributed by atoms with Crippen LogP contribution >= 0.6 is 34.7 Å². The van der Waals surface area contributed by atoms with Gasteiger partial charge in [0.1, 0.15) is 0 Å². The maximum absolute atomic E-state index is 5.93. The number of aromatic nitrogens is 5. The van der Waals surface area contributed by atoms with Crippen LogP contribution in [0.4, 0.5) is 0 Å². The maximum Gasteiger partial charge on any atom is 0.226 e. The third-order valence-corrected chi connectivity index (χ3v) is 6.80. The van der Waals surface area contributed by atoms with Gasteiger partial charge in [0.2, 0.25) is 11.7 Å². The van der Waals surface area contributed by atoms with Gasteiger partial charge in [0.15, 0.2) is 11.0 Å². The Morgan fingerprint density at radius 3 is 2.79 bits per heavy atom. The van der Waals surface area contributed by atoms with Gasteiger partial charge in [-0.2, -0.15) is 4.98 Å². The topological polar surface area (TPSA) is 69.6 Å². The molecule has 0 spiro atoms. The van der Waals surface area contributed by atoms with Gasteiger partial charge in [-0.25, -0.2) is 0 Å². The first-order valence-corrected chi connectivity index (χ1v) is 11.7. The predicted octanol–water partition coefficient (Wildman–Crippen LogP) is 5.77. The number of nitrogens with zero attached hydrogens (tertiary/aromatic N) is 5. The summed E-state index contributed by atoms with van der Waals surface area (Å²) in [6.45, 7) is 0. The predicted molar refractivity (Wildman–Crippen MR) is 115 cm³/mol. The van der Waals surface area contributed by atoms with E-state index in [1.54, 1.807) is 23.1 Å². The number of hydrogen-bond acceptors (Lipinski definition) is 7. The fourth-order valence-electron chi connectivity index (χ4n) is 3.07. The Hall–Kier alpha value is -2.16. The number of benzene rings is 1. The number of hydrogen-bond donors (Lipinski definition) is 0. The van der Waals surface area contributed by atoms with Crippen molar-refractivity contribution in [1.29, 1.82) is 0 Å². The van der Waals surface area contributed by atoms with Gasteiger partial charge in [-0.05, 0) is 55.0 Å². The molecule has 0 N–H and O–H groups in total. The van der Waals surface area contributed by atoms with E-state index >= 15 is 0 Å². The molecule has 9 heteroatoms. The number of halogens is 1. The van der Waals surface area contributed by atoms with E-state index in [2.05, 4.69) is 42.4 Å². The normalized spacial score (nSPS) is 13.8. The number of thiophene rings is 1. The molecule has 29 heavy (non-hydrogen) atoms. The minimum Gasteiger partial charge on any atom is -0.339 e. The Morgan fingerprint density at radius 1 is 1.17 bits per heavy atom. The highest BCUT2D eigenvalue weighted by Gasteiger charge is 2.30. The molecule has 0 radical (unpaired) electrons. The molecule has 1 aromatic carbocycles. The molecule has 0 saturated heterocycles. The average Bonchev–Trinajstić information content (AvgIpc) is 3.15. The Kier molecular flexibility index (Phi) is 5.39. The van der Waals surface area contributed by atoms with Crippen LogP contribution in [0, 0.1) is 0 Å². The second-order valence-corrected chi connectivity index (χ2v) is 9.30. The number of rotatable bonds is 8. The van der Waals surface area contributed by atoms with Gasteiger partial charge in [-0.1, -0.05) is 34.6 Å². The van der Waals surface area contributed by atoms with E-state index in [0.717, 1.165) is 35.1 Å². The minimum absolute atomic E-state index is 0.544. The van der Waals surface area contributed by atoms with Crippen LogP contribution in [-0.2, 0) is 6.42 Å². The molecule has 3 heterocycles. The molecule has 4 aromatic rings. The van der Waals surface area contributed by atoms with E-state index in [4.69, 9.17) is 16.1 Å². The van der Waals surface area contributed by atoms with Crippen molar-refractivity contribution in [3.8, 4) is 22.1 Å². The van der Waals surface area contributed by atoms with Crippen molar-refractivity contribution in [3.63, 3.8) is 0 Å². The van der Waals surface area contributed by atoms with Crippen LogP contribution in [-0.4, -0.2) is 30.7 Å². The van der Waals surface area contributed by atoms with Crippen molar-refractivity contribution in [2.24, 2.45) is 0 Å². The van der Waals surface area contributed by atoms with Gasteiger partial charge < -0.3 is 4.52 Å². The van der Waals surface area contributed by atoms with Crippen molar-refractivity contribution in [1.82, 2.24) is 24.9 Å². The van der Waals surface area contributed by atoms with E-state index in [-0.39, 0.29) is 0 Å². The van der Waals surface area contributed by atoms with Gasteiger partial charge in [0, 0.05) is 28.8 Å². The van der Waals surface area contributed by atoms with Crippen LogP contribution < -0.4 is 0 Å². The van der Waals surface area contributed by atoms with Crippen molar-refractivity contribution in [2.45, 2.75) is 36.9 Å². The van der Waals surface area contributed by atoms with E-state index < -0.39 is 0 Å². The first kappa shape index (κ1) is 18.8. The fraction of sp³-hybridized carbons (Fsp3) is 0.300. The maximum atomic E-state index is 5.93. The minimum atomic E-state index is 0.544. The van der Waals surface area contributed by atoms with E-state index in [1.165, 1.54) is 17.7 Å². The second-order valence-electron chi connectivity index (χ2n) is 6.86. The largest absolute Gasteiger partial charge is 0.339 e. The smallest absolute Gasteiger partial charge is 0.226 e. The third-order valence-electron chi connectivity index (χ3n) is 4.65. The van der Waals surface area contributed by atoms with Crippen molar-refractivity contribution >= 4 is 34.7 Å². The standard InChI is InChI=1S/C20H18ClN5OS2/c21-14-7-5-13(6-8-14)18-22-17(27-25-18)4-2-12-29-20-24-23-19(16-3-1-11-28-16)26(20)15-9-10-15/h1,3,5-8,11,15H,2,4,9-10,12H2. The summed E-state index contributed by atoms with van der Waals surface area (Å²) in [5.41, 5.74) is 0.900. The molecule has 1 aliphatic rings. The number of aryl methyl sites for hydroxylation is 1. The van der Waals surface area contributed by atoms with Crippen molar-refractivity contribution in [2.75, 3.05) is 5.75 Å². The summed E-state index contributed by atoms with van der Waals surface area (Å²) >= 11 is 9.38. The summed E-state index contributed by atoms with van der Waals surface area (Å²) < 4.78 is 7.70. The number of thioether (sulfide) groups is 1. The summed E-state index contributed by atoms with van der Waals surface area (Å²) in [6, 6.07) is 12.1. The highest BCUT2D eigenvalue weighted by Crippen LogP contribution is 2.41. The van der Waals surface area contributed by atoms with Gasteiger partial charge in [0.05, 0.1) is 4.88 Å². The molecule has 1 aliphatic carbocycles. The highest BCUT2D eigenvalue weighted by molar-refractivity contribution is 7.99. The lowest BCUT2D eigenvalue weighted by Gasteiger charge is -2.07. The monoisotopic (exact) mass is 443 g/mol. The molecule has 148 valence electrons. The van der Waals surface area contributed by atoms with E-state index in [9.17, 15) is 0 Å². The summed E-state index contributed by atoms with van der Waals surface area (Å²) in [4.78, 5) is 5.66. The van der Waals surface area contributed by atoms with Crippen LogP contribution in [0.3, 0.4) is 0 Å². The van der Waals surface area contributed by atoms with Crippen molar-refractivity contribution in [3.05, 3.63) is 52.7 Å². The molecule has 0 amide bonds. The quantitative estimate of drug-likeness (QED) is 0.254. The van der Waals surface area contributed by atoms with Crippen LogP contribution in [0.25, 0.3) is 22.1 Å². The lowest BCUT2D eigenvalue weighted by Crippen LogP contribution is -1.99. The first-order chi connectivity index (χ1) is 14.3. The SMILES string of the molecule is Clc1ccc(-c2noc(CCCSc3nnc(-c4cccs4)n3C3CC3)n2)cc1. The Morgan fingerprint density at radius 2 is 2.03 bits per heavy atom. The molecular weight excluding hydrogens is 426 g/mol. The highest BCUT2D eigenvalue weighted by atomic mass is 35.5. The molecule has 0 atom stereocenters. The van der Waals surface area contributed by atoms with Gasteiger partial charge in [-0.3, -0.25) is 4.57 Å². The fourth-order valence-corrected chi connectivity index (χ4v) is 4.85. The Bertz CT molecular complexity index is 1090. The molecule has 3 aromatic heterocycles. The average molecular weight is 444 g/mol. The van der Waals surface area contributed by atoms with Crippen molar-refractivity contribution < 1.29 is 4.52 Å². The second kappa shape index (κ2) is 8.30. The Labute approximate surface area is 181 Å². The molecule has 0 bridgehead atoms. The molecule has 0 aliphatic heterocycles. The molecule has 1 fully saturated rings. The summed E-state index contributed by atoms with van der Waals surface area (Å²) in [5.74, 6) is 3.17. The van der Waals surface area contributed by atoms with E-state index in [1.807, 2.05) is 24.3 Å². The van der Waals surface area contributed by atoms with Gasteiger partial charge in [-0.15, -0.1) is 21.5 Å². The van der Waals surface area contributed by atoms with Gasteiger partial charge in [0.25, 0.3) is 0 Å². The zero-order valence-electron chi connectivity index (χ0n) is 15.5. The Balaban J connectivity index is 1.19. The summed E-state index contributed by atoms with van der Waals surface area (Å²) in [5, 5.41) is 16.7.